The van der Waals surface area contributed by atoms with E-state index in [-0.39, 0.29) is 17.6 Å². The lowest BCUT2D eigenvalue weighted by Gasteiger charge is -2.06. The predicted octanol–water partition coefficient (Wildman–Crippen LogP) is 3.09. The van der Waals surface area contributed by atoms with Crippen molar-refractivity contribution in [2.24, 2.45) is 0 Å². The molecule has 2 aromatic rings. The van der Waals surface area contributed by atoms with E-state index >= 15 is 0 Å². The van der Waals surface area contributed by atoms with Crippen molar-refractivity contribution >= 4 is 23.6 Å². The lowest BCUT2D eigenvalue weighted by Crippen LogP contribution is -2.28. The summed E-state index contributed by atoms with van der Waals surface area (Å²) in [5.41, 5.74) is 0. The molecule has 0 radical (unpaired) electrons. The van der Waals surface area contributed by atoms with Crippen LogP contribution < -0.4 is 10.6 Å². The maximum Gasteiger partial charge on any atom is 0.286 e. The summed E-state index contributed by atoms with van der Waals surface area (Å²) in [6.07, 6.45) is 3.40. The van der Waals surface area contributed by atoms with E-state index in [0.29, 0.717) is 25.9 Å². The van der Waals surface area contributed by atoms with Gasteiger partial charge in [0.2, 0.25) is 5.91 Å². The molecule has 0 saturated carbocycles. The fraction of sp³-hybridized carbons (Fsp3) is 0.333. The van der Waals surface area contributed by atoms with Gasteiger partial charge in [0.1, 0.15) is 0 Å². The first kappa shape index (κ1) is 18.1. The Bertz CT molecular complexity index is 614. The zero-order valence-electron chi connectivity index (χ0n) is 13.5. The molecule has 0 bridgehead atoms. The van der Waals surface area contributed by atoms with Crippen molar-refractivity contribution in [2.75, 3.05) is 18.8 Å². The maximum atomic E-state index is 11.7. The first-order valence-electron chi connectivity index (χ1n) is 8.02. The third kappa shape index (κ3) is 6.91. The van der Waals surface area contributed by atoms with E-state index < -0.39 is 0 Å². The quantitative estimate of drug-likeness (QED) is 0.512. The number of carbonyl (C=O) groups is 2. The van der Waals surface area contributed by atoms with Crippen LogP contribution in [0.1, 0.15) is 29.8 Å². The molecular formula is C18H22N2O3S. The third-order valence-corrected chi connectivity index (χ3v) is 4.36. The van der Waals surface area contributed by atoms with Crippen LogP contribution in [-0.4, -0.2) is 30.7 Å². The Kier molecular flexibility index (Phi) is 7.97. The van der Waals surface area contributed by atoms with Crippen molar-refractivity contribution in [1.29, 1.82) is 0 Å². The average Bonchev–Trinajstić information content (AvgIpc) is 3.14. The van der Waals surface area contributed by atoms with Gasteiger partial charge in [-0.3, -0.25) is 9.59 Å². The number of benzene rings is 1. The van der Waals surface area contributed by atoms with Gasteiger partial charge in [-0.25, -0.2) is 0 Å². The molecule has 1 aromatic heterocycles. The van der Waals surface area contributed by atoms with Crippen LogP contribution in [-0.2, 0) is 4.79 Å². The van der Waals surface area contributed by atoms with Gasteiger partial charge in [-0.1, -0.05) is 18.2 Å². The Morgan fingerprint density at radius 3 is 2.50 bits per heavy atom. The van der Waals surface area contributed by atoms with Crippen LogP contribution >= 0.6 is 11.8 Å². The number of hydrogen-bond acceptors (Lipinski definition) is 4. The number of thioether (sulfide) groups is 1. The number of furan rings is 1. The molecule has 0 saturated heterocycles. The maximum absolute atomic E-state index is 11.7. The highest BCUT2D eigenvalue weighted by molar-refractivity contribution is 7.99. The molecule has 6 heteroatoms. The second-order valence-corrected chi connectivity index (χ2v) is 6.37. The van der Waals surface area contributed by atoms with E-state index in [9.17, 15) is 9.59 Å². The van der Waals surface area contributed by atoms with Crippen LogP contribution in [0.15, 0.2) is 58.0 Å². The van der Waals surface area contributed by atoms with E-state index in [4.69, 9.17) is 4.42 Å². The highest BCUT2D eigenvalue weighted by Gasteiger charge is 2.07. The van der Waals surface area contributed by atoms with Crippen LogP contribution in [0.4, 0.5) is 0 Å². The summed E-state index contributed by atoms with van der Waals surface area (Å²) in [6, 6.07) is 13.5. The second-order valence-electron chi connectivity index (χ2n) is 5.20. The minimum absolute atomic E-state index is 0.0203. The Hall–Kier alpha value is -2.21. The lowest BCUT2D eigenvalue weighted by atomic mass is 10.3. The molecule has 0 aliphatic rings. The number of nitrogens with one attached hydrogen (secondary N) is 2. The number of hydrogen-bond donors (Lipinski definition) is 2. The molecule has 1 heterocycles. The topological polar surface area (TPSA) is 71.3 Å². The van der Waals surface area contributed by atoms with Gasteiger partial charge in [0.05, 0.1) is 6.26 Å². The third-order valence-electron chi connectivity index (χ3n) is 3.27. The van der Waals surface area contributed by atoms with Crippen LogP contribution in [0.5, 0.6) is 0 Å². The van der Waals surface area contributed by atoms with Crippen molar-refractivity contribution in [1.82, 2.24) is 10.6 Å². The van der Waals surface area contributed by atoms with E-state index in [2.05, 4.69) is 22.8 Å². The molecule has 0 unspecified atom stereocenters. The van der Waals surface area contributed by atoms with E-state index in [1.807, 2.05) is 18.2 Å². The molecule has 0 fully saturated rings. The number of amides is 2. The van der Waals surface area contributed by atoms with Gasteiger partial charge in [0, 0.05) is 24.4 Å². The minimum Gasteiger partial charge on any atom is -0.459 e. The highest BCUT2D eigenvalue weighted by atomic mass is 32.2. The largest absolute Gasteiger partial charge is 0.459 e. The summed E-state index contributed by atoms with van der Waals surface area (Å²) in [5, 5.41) is 5.62. The van der Waals surface area contributed by atoms with Gasteiger partial charge in [-0.05, 0) is 42.9 Å². The zero-order valence-corrected chi connectivity index (χ0v) is 14.3. The Morgan fingerprint density at radius 1 is 0.958 bits per heavy atom. The summed E-state index contributed by atoms with van der Waals surface area (Å²) < 4.78 is 4.99. The fourth-order valence-electron chi connectivity index (χ4n) is 2.04. The molecule has 5 nitrogen and oxygen atoms in total. The molecule has 2 rings (SSSR count). The van der Waals surface area contributed by atoms with Crippen LogP contribution in [0.25, 0.3) is 0 Å². The summed E-state index contributed by atoms with van der Waals surface area (Å²) in [6.45, 7) is 1.13. The molecule has 0 spiro atoms. The van der Waals surface area contributed by atoms with Crippen molar-refractivity contribution in [3.8, 4) is 0 Å². The second kappa shape index (κ2) is 10.5. The minimum atomic E-state index is -0.252. The number of rotatable bonds is 10. The first-order valence-corrected chi connectivity index (χ1v) is 9.00. The smallest absolute Gasteiger partial charge is 0.286 e. The van der Waals surface area contributed by atoms with Crippen LogP contribution in [0.2, 0.25) is 0 Å². The lowest BCUT2D eigenvalue weighted by molar-refractivity contribution is -0.121. The van der Waals surface area contributed by atoms with Crippen molar-refractivity contribution in [3.63, 3.8) is 0 Å². The SMILES string of the molecule is O=C(CCCNC(=O)c1ccco1)NCCCSc1ccccc1. The predicted molar refractivity (Wildman–Crippen MR) is 95.1 cm³/mol. The van der Waals surface area contributed by atoms with Gasteiger partial charge in [0.25, 0.3) is 5.91 Å². The van der Waals surface area contributed by atoms with Crippen molar-refractivity contribution in [3.05, 3.63) is 54.5 Å². The highest BCUT2D eigenvalue weighted by Crippen LogP contribution is 2.17. The molecule has 24 heavy (non-hydrogen) atoms. The normalized spacial score (nSPS) is 10.3. The Balaban J connectivity index is 1.46. The Labute approximate surface area is 146 Å². The van der Waals surface area contributed by atoms with Crippen LogP contribution in [0, 0.1) is 0 Å². The van der Waals surface area contributed by atoms with Crippen LogP contribution in [0.3, 0.4) is 0 Å². The van der Waals surface area contributed by atoms with E-state index in [1.165, 1.54) is 11.2 Å². The monoisotopic (exact) mass is 346 g/mol. The molecule has 2 N–H and O–H groups in total. The zero-order chi connectivity index (χ0) is 17.0. The average molecular weight is 346 g/mol. The molecule has 0 aliphatic carbocycles. The van der Waals surface area contributed by atoms with Crippen molar-refractivity contribution < 1.29 is 14.0 Å². The fourth-order valence-corrected chi connectivity index (χ4v) is 2.91. The molecule has 128 valence electrons. The summed E-state index contributed by atoms with van der Waals surface area (Å²) >= 11 is 1.79. The molecule has 1 aromatic carbocycles. The van der Waals surface area contributed by atoms with Gasteiger partial charge in [0.15, 0.2) is 5.76 Å². The Morgan fingerprint density at radius 2 is 1.75 bits per heavy atom. The van der Waals surface area contributed by atoms with E-state index in [0.717, 1.165) is 12.2 Å². The first-order chi connectivity index (χ1) is 11.8. The summed E-state index contributed by atoms with van der Waals surface area (Å²) in [7, 11) is 0. The summed E-state index contributed by atoms with van der Waals surface area (Å²) in [5.74, 6) is 1.03. The molecule has 0 atom stereocenters. The summed E-state index contributed by atoms with van der Waals surface area (Å²) in [4.78, 5) is 24.6. The number of carbonyl (C=O) groups excluding carboxylic acids is 2. The van der Waals surface area contributed by atoms with Crippen molar-refractivity contribution in [2.45, 2.75) is 24.2 Å². The standard InChI is InChI=1S/C18H22N2O3S/c21-17(10-4-11-20-18(22)16-9-5-13-23-16)19-12-6-14-24-15-7-2-1-3-8-15/h1-3,5,7-9,13H,4,6,10-12,14H2,(H,19,21)(H,20,22). The van der Waals surface area contributed by atoms with Gasteiger partial charge < -0.3 is 15.1 Å². The van der Waals surface area contributed by atoms with E-state index in [1.54, 1.807) is 23.9 Å². The van der Waals surface area contributed by atoms with Gasteiger partial charge >= 0.3 is 0 Å². The van der Waals surface area contributed by atoms with Gasteiger partial charge in [-0.15, -0.1) is 11.8 Å². The molecule has 0 aliphatic heterocycles. The molecule has 2 amide bonds. The van der Waals surface area contributed by atoms with Gasteiger partial charge in [-0.2, -0.15) is 0 Å². The molecular weight excluding hydrogens is 324 g/mol.